The Kier molecular flexibility index (Phi) is 5.64. The van der Waals surface area contributed by atoms with Crippen LogP contribution in [0, 0.1) is 0 Å². The first kappa shape index (κ1) is 22.5. The van der Waals surface area contributed by atoms with Crippen molar-refractivity contribution in [3.05, 3.63) is 77.1 Å². The molecule has 3 aromatic rings. The normalized spacial score (nSPS) is 18.2. The van der Waals surface area contributed by atoms with E-state index < -0.39 is 11.4 Å². The van der Waals surface area contributed by atoms with Crippen LogP contribution in [-0.2, 0) is 24.4 Å². The van der Waals surface area contributed by atoms with E-state index in [-0.39, 0.29) is 43.1 Å². The fraction of sp³-hybridized carbons (Fsp3) is 0.280. The third kappa shape index (κ3) is 4.18. The minimum absolute atomic E-state index is 0.108. The van der Waals surface area contributed by atoms with Gasteiger partial charge in [0.2, 0.25) is 12.7 Å². The van der Waals surface area contributed by atoms with Gasteiger partial charge in [-0.25, -0.2) is 0 Å². The van der Waals surface area contributed by atoms with E-state index in [1.807, 2.05) is 36.4 Å². The fourth-order valence-corrected chi connectivity index (χ4v) is 4.13. The van der Waals surface area contributed by atoms with Gasteiger partial charge in [-0.2, -0.15) is 5.10 Å². The zero-order valence-electron chi connectivity index (χ0n) is 19.4. The fourth-order valence-electron chi connectivity index (χ4n) is 4.13. The van der Waals surface area contributed by atoms with Gasteiger partial charge in [0.15, 0.2) is 17.2 Å². The Hall–Kier alpha value is -4.34. The number of ether oxygens (including phenoxy) is 2. The van der Waals surface area contributed by atoms with Crippen LogP contribution in [-0.4, -0.2) is 51.8 Å². The maximum Gasteiger partial charge on any atom is 0.272 e. The summed E-state index contributed by atoms with van der Waals surface area (Å²) in [6, 6.07) is 16.4. The van der Waals surface area contributed by atoms with E-state index in [2.05, 4.69) is 15.7 Å². The lowest BCUT2D eigenvalue weighted by molar-refractivity contribution is -0.132. The molecule has 2 N–H and O–H groups in total. The van der Waals surface area contributed by atoms with Crippen molar-refractivity contribution in [3.63, 3.8) is 0 Å². The summed E-state index contributed by atoms with van der Waals surface area (Å²) < 4.78 is 12.1. The molecule has 3 amide bonds. The van der Waals surface area contributed by atoms with Crippen molar-refractivity contribution in [1.82, 2.24) is 25.3 Å². The molecule has 2 aliphatic rings. The van der Waals surface area contributed by atoms with Gasteiger partial charge < -0.3 is 25.0 Å². The van der Waals surface area contributed by atoms with Gasteiger partial charge in [0.1, 0.15) is 11.2 Å². The smallest absolute Gasteiger partial charge is 0.272 e. The number of benzene rings is 2. The molecule has 35 heavy (non-hydrogen) atoms. The molecule has 0 aliphatic carbocycles. The average Bonchev–Trinajstić information content (AvgIpc) is 3.52. The van der Waals surface area contributed by atoms with Gasteiger partial charge >= 0.3 is 0 Å². The number of amides is 3. The van der Waals surface area contributed by atoms with E-state index >= 15 is 0 Å². The van der Waals surface area contributed by atoms with Crippen molar-refractivity contribution >= 4 is 17.7 Å². The molecule has 0 spiro atoms. The Bertz CT molecular complexity index is 1300. The molecule has 0 bridgehead atoms. The summed E-state index contributed by atoms with van der Waals surface area (Å²) in [7, 11) is 1.58. The summed E-state index contributed by atoms with van der Waals surface area (Å²) in [5.41, 5.74) is 0.997. The average molecular weight is 476 g/mol. The number of nitrogens with zero attached hydrogens (tertiary/aromatic N) is 3. The van der Waals surface area contributed by atoms with Gasteiger partial charge in [-0.15, -0.1) is 0 Å². The van der Waals surface area contributed by atoms with E-state index in [0.717, 1.165) is 11.1 Å². The predicted molar refractivity (Wildman–Crippen MR) is 125 cm³/mol. The summed E-state index contributed by atoms with van der Waals surface area (Å²) in [6.45, 7) is 2.59. The largest absolute Gasteiger partial charge is 0.454 e. The van der Waals surface area contributed by atoms with E-state index in [1.54, 1.807) is 26.1 Å². The SMILES string of the molecule is CN1C(=O)c2cc(C(=O)NCc3ccc4c(c3)OCO4)nn2C[C@@]1(C)C(=O)NCc1ccccc1. The number of fused-ring (bicyclic) bond motifs is 2. The summed E-state index contributed by atoms with van der Waals surface area (Å²) in [5, 5.41) is 10.0. The molecular weight excluding hydrogens is 450 g/mol. The highest BCUT2D eigenvalue weighted by Crippen LogP contribution is 2.32. The number of hydrogen-bond acceptors (Lipinski definition) is 6. The van der Waals surface area contributed by atoms with Crippen molar-refractivity contribution in [2.75, 3.05) is 13.8 Å². The number of carbonyl (C=O) groups is 3. The second kappa shape index (κ2) is 8.79. The number of nitrogens with one attached hydrogen (secondary N) is 2. The topological polar surface area (TPSA) is 115 Å². The molecule has 0 radical (unpaired) electrons. The molecule has 0 saturated carbocycles. The molecule has 2 aliphatic heterocycles. The van der Waals surface area contributed by atoms with Crippen LogP contribution < -0.4 is 20.1 Å². The summed E-state index contributed by atoms with van der Waals surface area (Å²) in [5.74, 6) is 0.200. The Morgan fingerprint density at radius 2 is 1.74 bits per heavy atom. The Morgan fingerprint density at radius 3 is 2.54 bits per heavy atom. The van der Waals surface area contributed by atoms with Crippen molar-refractivity contribution in [3.8, 4) is 11.5 Å². The molecule has 10 nitrogen and oxygen atoms in total. The number of carbonyl (C=O) groups excluding carboxylic acids is 3. The Morgan fingerprint density at radius 1 is 1.00 bits per heavy atom. The first-order valence-electron chi connectivity index (χ1n) is 11.2. The second-order valence-electron chi connectivity index (χ2n) is 8.75. The first-order chi connectivity index (χ1) is 16.8. The van der Waals surface area contributed by atoms with E-state index in [9.17, 15) is 14.4 Å². The van der Waals surface area contributed by atoms with Gasteiger partial charge in [0, 0.05) is 26.2 Å². The maximum absolute atomic E-state index is 13.1. The molecule has 180 valence electrons. The van der Waals surface area contributed by atoms with Gasteiger partial charge in [0.25, 0.3) is 11.8 Å². The Balaban J connectivity index is 1.27. The monoisotopic (exact) mass is 475 g/mol. The minimum Gasteiger partial charge on any atom is -0.454 e. The second-order valence-corrected chi connectivity index (χ2v) is 8.75. The lowest BCUT2D eigenvalue weighted by Gasteiger charge is -2.40. The van der Waals surface area contributed by atoms with Crippen LogP contribution in [0.25, 0.3) is 0 Å². The summed E-state index contributed by atoms with van der Waals surface area (Å²) in [6.07, 6.45) is 0. The molecule has 0 unspecified atom stereocenters. The van der Waals surface area contributed by atoms with Crippen molar-refractivity contribution < 1.29 is 23.9 Å². The van der Waals surface area contributed by atoms with Crippen LogP contribution >= 0.6 is 0 Å². The van der Waals surface area contributed by atoms with Crippen molar-refractivity contribution in [1.29, 1.82) is 0 Å². The first-order valence-corrected chi connectivity index (χ1v) is 11.2. The van der Waals surface area contributed by atoms with Crippen LogP contribution in [0.3, 0.4) is 0 Å². The minimum atomic E-state index is -1.16. The maximum atomic E-state index is 13.1. The lowest BCUT2D eigenvalue weighted by atomic mass is 9.96. The molecule has 0 saturated heterocycles. The number of hydrogen-bond donors (Lipinski definition) is 2. The zero-order valence-corrected chi connectivity index (χ0v) is 19.4. The summed E-state index contributed by atoms with van der Waals surface area (Å²) in [4.78, 5) is 40.3. The highest BCUT2D eigenvalue weighted by Gasteiger charge is 2.46. The number of rotatable bonds is 6. The zero-order chi connectivity index (χ0) is 24.6. The third-order valence-corrected chi connectivity index (χ3v) is 6.41. The van der Waals surface area contributed by atoms with Crippen LogP contribution in [0.15, 0.2) is 54.6 Å². The van der Waals surface area contributed by atoms with Crippen molar-refractivity contribution in [2.45, 2.75) is 32.1 Å². The van der Waals surface area contributed by atoms with Crippen molar-refractivity contribution in [2.24, 2.45) is 0 Å². The molecule has 5 rings (SSSR count). The number of aromatic nitrogens is 2. The number of likely N-dealkylation sites (N-methyl/N-ethyl adjacent to an activating group) is 1. The predicted octanol–water partition coefficient (Wildman–Crippen LogP) is 1.70. The highest BCUT2D eigenvalue weighted by molar-refractivity contribution is 6.01. The molecule has 0 fully saturated rings. The van der Waals surface area contributed by atoms with Crippen LogP contribution in [0.4, 0.5) is 0 Å². The van der Waals surface area contributed by atoms with Gasteiger partial charge in [-0.1, -0.05) is 36.4 Å². The van der Waals surface area contributed by atoms with E-state index in [1.165, 1.54) is 15.6 Å². The molecule has 3 heterocycles. The van der Waals surface area contributed by atoms with E-state index in [0.29, 0.717) is 18.0 Å². The van der Waals surface area contributed by atoms with Crippen LogP contribution in [0.2, 0.25) is 0 Å². The van der Waals surface area contributed by atoms with Crippen LogP contribution in [0.5, 0.6) is 11.5 Å². The quantitative estimate of drug-likeness (QED) is 0.561. The van der Waals surface area contributed by atoms with E-state index in [4.69, 9.17) is 9.47 Å². The summed E-state index contributed by atoms with van der Waals surface area (Å²) >= 11 is 0. The van der Waals surface area contributed by atoms with Crippen LogP contribution in [0.1, 0.15) is 39.0 Å². The molecule has 1 aromatic heterocycles. The third-order valence-electron chi connectivity index (χ3n) is 6.41. The molecule has 1 atom stereocenters. The lowest BCUT2D eigenvalue weighted by Crippen LogP contribution is -2.62. The van der Waals surface area contributed by atoms with Gasteiger partial charge in [0.05, 0.1) is 6.54 Å². The standard InChI is InChI=1S/C25H25N5O5/c1-25(24(33)27-12-16-6-4-3-5-7-16)14-30-19(23(32)29(25)2)11-18(28-30)22(31)26-13-17-8-9-20-21(10-17)35-15-34-20/h3-11H,12-15H2,1-2H3,(H,26,31)(H,27,33)/t25-/m0/s1. The molecule has 10 heteroatoms. The molecule has 2 aromatic carbocycles. The van der Waals surface area contributed by atoms with Gasteiger partial charge in [-0.05, 0) is 30.2 Å². The Labute approximate surface area is 201 Å². The van der Waals surface area contributed by atoms with Gasteiger partial charge in [-0.3, -0.25) is 19.1 Å². The highest BCUT2D eigenvalue weighted by atomic mass is 16.7. The molecular formula is C25H25N5O5.